The molecule has 0 saturated heterocycles. The molecule has 16 heavy (non-hydrogen) atoms. The Balaban J connectivity index is 2.08. The van der Waals surface area contributed by atoms with Gasteiger partial charge in [-0.15, -0.1) is 11.3 Å². The van der Waals surface area contributed by atoms with Crippen molar-refractivity contribution >= 4 is 33.1 Å². The van der Waals surface area contributed by atoms with Crippen molar-refractivity contribution in [2.75, 3.05) is 11.9 Å². The number of hydrogen-bond donors (Lipinski definition) is 1. The third-order valence-electron chi connectivity index (χ3n) is 2.96. The normalized spacial score (nSPS) is 19.2. The van der Waals surface area contributed by atoms with Gasteiger partial charge < -0.3 is 5.32 Å². The fourth-order valence-electron chi connectivity index (χ4n) is 2.16. The summed E-state index contributed by atoms with van der Waals surface area (Å²) < 4.78 is 3.14. The van der Waals surface area contributed by atoms with Gasteiger partial charge in [0.15, 0.2) is 0 Å². The second kappa shape index (κ2) is 3.89. The molecule has 1 N–H and O–H groups in total. The molecule has 5 heteroatoms. The number of anilines is 1. The molecule has 0 saturated carbocycles. The number of fused-ring (bicyclic) bond motifs is 1. The van der Waals surface area contributed by atoms with Crippen LogP contribution in [0.3, 0.4) is 0 Å². The van der Waals surface area contributed by atoms with Gasteiger partial charge in [0.2, 0.25) is 0 Å². The van der Waals surface area contributed by atoms with E-state index >= 15 is 0 Å². The third-order valence-corrected chi connectivity index (χ3v) is 4.66. The SMILES string of the molecule is Cc1ccsc1C1CCNc2c(Br)cnn21. The van der Waals surface area contributed by atoms with E-state index in [4.69, 9.17) is 0 Å². The van der Waals surface area contributed by atoms with Crippen molar-refractivity contribution in [3.63, 3.8) is 0 Å². The zero-order valence-corrected chi connectivity index (χ0v) is 11.3. The molecular formula is C11H12BrN3S. The van der Waals surface area contributed by atoms with Gasteiger partial charge in [-0.1, -0.05) is 0 Å². The molecule has 3 rings (SSSR count). The van der Waals surface area contributed by atoms with E-state index in [9.17, 15) is 0 Å². The molecule has 1 aliphatic heterocycles. The first-order valence-corrected chi connectivity index (χ1v) is 6.95. The summed E-state index contributed by atoms with van der Waals surface area (Å²) >= 11 is 5.34. The second-order valence-corrected chi connectivity index (χ2v) is 5.79. The Morgan fingerprint density at radius 1 is 1.62 bits per heavy atom. The van der Waals surface area contributed by atoms with Crippen LogP contribution in [0.15, 0.2) is 22.1 Å². The van der Waals surface area contributed by atoms with E-state index in [0.717, 1.165) is 23.3 Å². The monoisotopic (exact) mass is 297 g/mol. The summed E-state index contributed by atoms with van der Waals surface area (Å²) in [6.45, 7) is 3.18. The molecule has 1 atom stereocenters. The van der Waals surface area contributed by atoms with E-state index in [1.807, 2.05) is 17.5 Å². The van der Waals surface area contributed by atoms with Gasteiger partial charge in [0.05, 0.1) is 16.7 Å². The lowest BCUT2D eigenvalue weighted by molar-refractivity contribution is 0.487. The van der Waals surface area contributed by atoms with Gasteiger partial charge in [-0.2, -0.15) is 5.10 Å². The molecule has 84 valence electrons. The summed E-state index contributed by atoms with van der Waals surface area (Å²) in [6, 6.07) is 2.57. The van der Waals surface area contributed by atoms with Crippen LogP contribution in [-0.2, 0) is 0 Å². The molecule has 2 aromatic rings. The van der Waals surface area contributed by atoms with Crippen LogP contribution in [0.5, 0.6) is 0 Å². The Hall–Kier alpha value is -0.810. The summed E-state index contributed by atoms with van der Waals surface area (Å²) in [5, 5.41) is 9.99. The summed E-state index contributed by atoms with van der Waals surface area (Å²) in [6.07, 6.45) is 2.96. The molecule has 1 aliphatic rings. The number of hydrogen-bond acceptors (Lipinski definition) is 3. The van der Waals surface area contributed by atoms with Crippen molar-refractivity contribution in [1.82, 2.24) is 9.78 Å². The van der Waals surface area contributed by atoms with Crippen LogP contribution in [0.25, 0.3) is 0 Å². The lowest BCUT2D eigenvalue weighted by atomic mass is 10.1. The molecule has 0 bridgehead atoms. The average Bonchev–Trinajstić information content (AvgIpc) is 2.86. The van der Waals surface area contributed by atoms with Gasteiger partial charge in [0, 0.05) is 11.4 Å². The van der Waals surface area contributed by atoms with Crippen molar-refractivity contribution < 1.29 is 0 Å². The minimum absolute atomic E-state index is 0.391. The molecule has 0 spiro atoms. The van der Waals surface area contributed by atoms with Gasteiger partial charge in [0.1, 0.15) is 5.82 Å². The van der Waals surface area contributed by atoms with Crippen molar-refractivity contribution in [1.29, 1.82) is 0 Å². The second-order valence-electron chi connectivity index (χ2n) is 3.98. The van der Waals surface area contributed by atoms with Crippen LogP contribution >= 0.6 is 27.3 Å². The van der Waals surface area contributed by atoms with Gasteiger partial charge in [0.25, 0.3) is 0 Å². The molecule has 0 aromatic carbocycles. The first kappa shape index (κ1) is 10.4. The Morgan fingerprint density at radius 3 is 3.25 bits per heavy atom. The third kappa shape index (κ3) is 1.50. The van der Waals surface area contributed by atoms with E-state index in [1.54, 1.807) is 0 Å². The van der Waals surface area contributed by atoms with Crippen LogP contribution in [0, 0.1) is 6.92 Å². The fourth-order valence-corrected chi connectivity index (χ4v) is 3.62. The topological polar surface area (TPSA) is 29.9 Å². The van der Waals surface area contributed by atoms with Gasteiger partial charge in [-0.25, -0.2) is 4.68 Å². The van der Waals surface area contributed by atoms with Gasteiger partial charge >= 0.3 is 0 Å². The van der Waals surface area contributed by atoms with Gasteiger partial charge in [-0.05, 0) is 46.3 Å². The maximum atomic E-state index is 4.45. The highest BCUT2D eigenvalue weighted by Crippen LogP contribution is 2.36. The Bertz CT molecular complexity index is 517. The van der Waals surface area contributed by atoms with Crippen molar-refractivity contribution in [2.24, 2.45) is 0 Å². The average molecular weight is 298 g/mol. The van der Waals surface area contributed by atoms with E-state index in [1.165, 1.54) is 10.4 Å². The predicted octanol–water partition coefficient (Wildman–Crippen LogP) is 3.42. The highest BCUT2D eigenvalue weighted by Gasteiger charge is 2.25. The van der Waals surface area contributed by atoms with E-state index in [0.29, 0.717) is 6.04 Å². The number of aromatic nitrogens is 2. The zero-order valence-electron chi connectivity index (χ0n) is 8.90. The Kier molecular flexibility index (Phi) is 2.52. The summed E-state index contributed by atoms with van der Waals surface area (Å²) in [5.41, 5.74) is 1.37. The first-order valence-electron chi connectivity index (χ1n) is 5.28. The highest BCUT2D eigenvalue weighted by atomic mass is 79.9. The Morgan fingerprint density at radius 2 is 2.50 bits per heavy atom. The zero-order chi connectivity index (χ0) is 11.1. The molecule has 3 heterocycles. The molecule has 0 radical (unpaired) electrons. The van der Waals surface area contributed by atoms with E-state index in [-0.39, 0.29) is 0 Å². The highest BCUT2D eigenvalue weighted by molar-refractivity contribution is 9.10. The number of halogens is 1. The molecule has 0 fully saturated rings. The number of rotatable bonds is 1. The van der Waals surface area contributed by atoms with Crippen LogP contribution in [0.2, 0.25) is 0 Å². The van der Waals surface area contributed by atoms with Crippen LogP contribution in [-0.4, -0.2) is 16.3 Å². The van der Waals surface area contributed by atoms with Crippen LogP contribution in [0.1, 0.15) is 22.9 Å². The van der Waals surface area contributed by atoms with Crippen molar-refractivity contribution in [3.8, 4) is 0 Å². The summed E-state index contributed by atoms with van der Waals surface area (Å²) in [7, 11) is 0. The first-order chi connectivity index (χ1) is 7.77. The Labute approximate surface area is 107 Å². The lowest BCUT2D eigenvalue weighted by Gasteiger charge is -2.25. The summed E-state index contributed by atoms with van der Waals surface area (Å²) in [5.74, 6) is 1.10. The molecule has 0 amide bonds. The van der Waals surface area contributed by atoms with Crippen molar-refractivity contribution in [2.45, 2.75) is 19.4 Å². The quantitative estimate of drug-likeness (QED) is 0.874. The summed E-state index contributed by atoms with van der Waals surface area (Å²) in [4.78, 5) is 1.43. The maximum absolute atomic E-state index is 4.45. The van der Waals surface area contributed by atoms with E-state index < -0.39 is 0 Å². The number of aryl methyl sites for hydroxylation is 1. The number of nitrogens with zero attached hydrogens (tertiary/aromatic N) is 2. The molecule has 2 aromatic heterocycles. The molecule has 0 aliphatic carbocycles. The predicted molar refractivity (Wildman–Crippen MR) is 70.2 cm³/mol. The molecule has 1 unspecified atom stereocenters. The lowest BCUT2D eigenvalue weighted by Crippen LogP contribution is -2.24. The number of thiophene rings is 1. The van der Waals surface area contributed by atoms with Crippen molar-refractivity contribution in [3.05, 3.63) is 32.6 Å². The smallest absolute Gasteiger partial charge is 0.139 e. The standard InChI is InChI=1S/C11H12BrN3S/c1-7-3-5-16-10(7)9-2-4-13-11-8(12)6-14-15(9)11/h3,5-6,9,13H,2,4H2,1H3. The molecular weight excluding hydrogens is 286 g/mol. The van der Waals surface area contributed by atoms with E-state index in [2.05, 4.69) is 49.4 Å². The minimum Gasteiger partial charge on any atom is -0.369 e. The van der Waals surface area contributed by atoms with Crippen LogP contribution < -0.4 is 5.32 Å². The number of nitrogens with one attached hydrogen (secondary N) is 1. The van der Waals surface area contributed by atoms with Gasteiger partial charge in [-0.3, -0.25) is 0 Å². The van der Waals surface area contributed by atoms with Crippen LogP contribution in [0.4, 0.5) is 5.82 Å². The largest absolute Gasteiger partial charge is 0.369 e. The maximum Gasteiger partial charge on any atom is 0.139 e. The molecule has 3 nitrogen and oxygen atoms in total. The fraction of sp³-hybridized carbons (Fsp3) is 0.364. The minimum atomic E-state index is 0.391.